The third-order valence-electron chi connectivity index (χ3n) is 8.18. The van der Waals surface area contributed by atoms with Gasteiger partial charge in [0.25, 0.3) is 0 Å². The van der Waals surface area contributed by atoms with Gasteiger partial charge in [-0.15, -0.1) is 0 Å². The molecule has 0 atom stereocenters. The van der Waals surface area contributed by atoms with E-state index in [2.05, 4.69) is 41.2 Å². The van der Waals surface area contributed by atoms with E-state index in [1.165, 1.54) is 11.1 Å². The maximum atomic E-state index is 14.7. The second-order valence-electron chi connectivity index (χ2n) is 10.4. The van der Waals surface area contributed by atoms with Gasteiger partial charge in [-0.3, -0.25) is 0 Å². The number of allylic oxidation sites excluding steroid dienone is 2. The lowest BCUT2D eigenvalue weighted by Crippen LogP contribution is -2.38. The summed E-state index contributed by atoms with van der Waals surface area (Å²) in [5, 5.41) is 0. The summed E-state index contributed by atoms with van der Waals surface area (Å²) in [6.45, 7) is 2.04. The Balaban J connectivity index is 1.24. The molecule has 0 spiro atoms. The molecule has 0 amide bonds. The molecule has 0 N–H and O–H groups in total. The molecule has 0 aliphatic heterocycles. The highest BCUT2D eigenvalue weighted by molar-refractivity contribution is 5.27. The zero-order valence-corrected chi connectivity index (χ0v) is 20.8. The van der Waals surface area contributed by atoms with Crippen molar-refractivity contribution >= 4 is 0 Å². The largest absolute Gasteiger partial charge is 0.432 e. The van der Waals surface area contributed by atoms with Crippen molar-refractivity contribution in [2.24, 2.45) is 17.8 Å². The lowest BCUT2D eigenvalue weighted by Gasteiger charge is -2.39. The Kier molecular flexibility index (Phi) is 8.74. The molecule has 0 radical (unpaired) electrons. The zero-order valence-electron chi connectivity index (χ0n) is 20.8. The Morgan fingerprint density at radius 1 is 0.833 bits per heavy atom. The van der Waals surface area contributed by atoms with E-state index in [9.17, 15) is 22.0 Å². The fourth-order valence-electron chi connectivity index (χ4n) is 6.06. The van der Waals surface area contributed by atoms with Crippen molar-refractivity contribution in [3.63, 3.8) is 0 Å². The van der Waals surface area contributed by atoms with E-state index in [-0.39, 0.29) is 0 Å². The lowest BCUT2D eigenvalue weighted by molar-refractivity contribution is -0.224. The van der Waals surface area contributed by atoms with Crippen LogP contribution in [0.5, 0.6) is 5.75 Å². The van der Waals surface area contributed by atoms with Crippen molar-refractivity contribution in [1.29, 1.82) is 0 Å². The lowest BCUT2D eigenvalue weighted by atomic mass is 9.68. The molecule has 0 aromatic heterocycles. The van der Waals surface area contributed by atoms with Gasteiger partial charge in [0.2, 0.25) is 0 Å². The molecule has 36 heavy (non-hydrogen) atoms. The van der Waals surface area contributed by atoms with Crippen LogP contribution in [0.3, 0.4) is 0 Å². The second-order valence-corrected chi connectivity index (χ2v) is 10.4. The number of hydrogen-bond donors (Lipinski definition) is 0. The van der Waals surface area contributed by atoms with Gasteiger partial charge < -0.3 is 4.74 Å². The van der Waals surface area contributed by atoms with Gasteiger partial charge in [-0.25, -0.2) is 13.2 Å². The van der Waals surface area contributed by atoms with E-state index < -0.39 is 35.2 Å². The average molecular weight is 507 g/mol. The van der Waals surface area contributed by atoms with Gasteiger partial charge >= 0.3 is 6.11 Å². The third-order valence-corrected chi connectivity index (χ3v) is 8.18. The highest BCUT2D eigenvalue weighted by Gasteiger charge is 2.45. The molecular formula is C30H35F5O. The fourth-order valence-corrected chi connectivity index (χ4v) is 6.06. The van der Waals surface area contributed by atoms with Gasteiger partial charge in [0.1, 0.15) is 5.75 Å². The molecule has 2 aromatic carbocycles. The van der Waals surface area contributed by atoms with Crippen LogP contribution in [0.2, 0.25) is 0 Å². The van der Waals surface area contributed by atoms with Crippen LogP contribution >= 0.6 is 0 Å². The SMILES string of the molecule is C/C=C/CCc1ccc(C2CCC(C3CCC(C(F)(F)Oc4cc(F)c(F)c(F)c4)CC3)CC2)cc1. The third kappa shape index (κ3) is 6.49. The van der Waals surface area contributed by atoms with Gasteiger partial charge in [0.15, 0.2) is 17.5 Å². The number of alkyl halides is 2. The van der Waals surface area contributed by atoms with E-state index in [1.54, 1.807) is 0 Å². The van der Waals surface area contributed by atoms with Crippen LogP contribution in [0, 0.1) is 35.2 Å². The van der Waals surface area contributed by atoms with E-state index in [4.69, 9.17) is 0 Å². The summed E-state index contributed by atoms with van der Waals surface area (Å²) in [5.41, 5.74) is 2.76. The maximum absolute atomic E-state index is 14.7. The van der Waals surface area contributed by atoms with Crippen LogP contribution in [0.4, 0.5) is 22.0 Å². The molecule has 0 heterocycles. The number of rotatable bonds is 8. The number of ether oxygens (including phenoxy) is 1. The van der Waals surface area contributed by atoms with Gasteiger partial charge in [-0.2, -0.15) is 8.78 Å². The Bertz CT molecular complexity index is 993. The second kappa shape index (κ2) is 11.8. The molecule has 2 saturated carbocycles. The minimum absolute atomic E-state index is 0.304. The Hall–Kier alpha value is -2.37. The van der Waals surface area contributed by atoms with E-state index in [0.29, 0.717) is 55.6 Å². The predicted molar refractivity (Wildman–Crippen MR) is 132 cm³/mol. The monoisotopic (exact) mass is 506 g/mol. The molecule has 196 valence electrons. The number of aryl methyl sites for hydroxylation is 1. The van der Waals surface area contributed by atoms with Crippen LogP contribution in [0.1, 0.15) is 81.8 Å². The highest BCUT2D eigenvalue weighted by Crippen LogP contribution is 2.47. The fraction of sp³-hybridized carbons (Fsp3) is 0.533. The van der Waals surface area contributed by atoms with Crippen LogP contribution in [-0.2, 0) is 6.42 Å². The average Bonchev–Trinajstić information content (AvgIpc) is 2.88. The van der Waals surface area contributed by atoms with Crippen molar-refractivity contribution in [3.05, 3.63) is 77.1 Å². The van der Waals surface area contributed by atoms with E-state index >= 15 is 0 Å². The Labute approximate surface area is 210 Å². The molecule has 2 aliphatic rings. The maximum Gasteiger partial charge on any atom is 0.400 e. The summed E-state index contributed by atoms with van der Waals surface area (Å²) in [6.07, 6.45) is 9.32. The normalized spacial score (nSPS) is 25.3. The highest BCUT2D eigenvalue weighted by atomic mass is 19.3. The van der Waals surface area contributed by atoms with Gasteiger partial charge in [0.05, 0.1) is 5.92 Å². The summed E-state index contributed by atoms with van der Waals surface area (Å²) < 4.78 is 74.0. The number of hydrogen-bond acceptors (Lipinski definition) is 1. The van der Waals surface area contributed by atoms with Crippen molar-refractivity contribution < 1.29 is 26.7 Å². The van der Waals surface area contributed by atoms with Crippen LogP contribution in [0.25, 0.3) is 0 Å². The zero-order chi connectivity index (χ0) is 25.7. The van der Waals surface area contributed by atoms with Gasteiger partial charge in [0, 0.05) is 12.1 Å². The molecule has 0 unspecified atom stereocenters. The molecule has 2 aliphatic carbocycles. The molecule has 2 aromatic rings. The first-order valence-corrected chi connectivity index (χ1v) is 13.2. The number of halogens is 5. The summed E-state index contributed by atoms with van der Waals surface area (Å²) in [4.78, 5) is 0. The van der Waals surface area contributed by atoms with Crippen LogP contribution < -0.4 is 4.74 Å². The summed E-state index contributed by atoms with van der Waals surface area (Å²) >= 11 is 0. The van der Waals surface area contributed by atoms with E-state index in [1.807, 2.05) is 6.92 Å². The van der Waals surface area contributed by atoms with Gasteiger partial charge in [-0.05, 0) is 100 Å². The molecule has 4 rings (SSSR count). The van der Waals surface area contributed by atoms with Crippen molar-refractivity contribution in [2.75, 3.05) is 0 Å². The quantitative estimate of drug-likeness (QED) is 0.197. The molecular weight excluding hydrogens is 471 g/mol. The molecule has 6 heteroatoms. The first-order chi connectivity index (χ1) is 17.3. The molecule has 0 saturated heterocycles. The smallest absolute Gasteiger partial charge is 0.400 e. The van der Waals surface area contributed by atoms with Crippen molar-refractivity contribution in [1.82, 2.24) is 0 Å². The first kappa shape index (κ1) is 26.7. The topological polar surface area (TPSA) is 9.23 Å². The van der Waals surface area contributed by atoms with Crippen molar-refractivity contribution in [2.45, 2.75) is 83.2 Å². The standard InChI is InChI=1S/C30H35F5O/c1-2-3-4-5-20-6-8-21(9-7-20)22-10-12-23(13-11-22)24-14-16-25(17-15-24)30(34,35)36-26-18-27(31)29(33)28(32)19-26/h2-3,6-9,18-19,22-25H,4-5,10-17H2,1H3/b3-2+. The van der Waals surface area contributed by atoms with E-state index in [0.717, 1.165) is 38.5 Å². The van der Waals surface area contributed by atoms with Crippen molar-refractivity contribution in [3.8, 4) is 5.75 Å². The Morgan fingerprint density at radius 2 is 1.39 bits per heavy atom. The summed E-state index contributed by atoms with van der Waals surface area (Å²) in [7, 11) is 0. The predicted octanol–water partition coefficient (Wildman–Crippen LogP) is 9.36. The Morgan fingerprint density at radius 3 is 1.94 bits per heavy atom. The molecule has 0 bridgehead atoms. The molecule has 2 fully saturated rings. The minimum atomic E-state index is -3.56. The minimum Gasteiger partial charge on any atom is -0.432 e. The van der Waals surface area contributed by atoms with Crippen LogP contribution in [0.15, 0.2) is 48.6 Å². The summed E-state index contributed by atoms with van der Waals surface area (Å²) in [6, 6.07) is 9.94. The number of benzene rings is 2. The first-order valence-electron chi connectivity index (χ1n) is 13.2. The van der Waals surface area contributed by atoms with Gasteiger partial charge in [-0.1, -0.05) is 36.4 Å². The van der Waals surface area contributed by atoms with Crippen LogP contribution in [-0.4, -0.2) is 6.11 Å². The summed E-state index contributed by atoms with van der Waals surface area (Å²) in [5.74, 6) is -4.95. The molecule has 1 nitrogen and oxygen atoms in total.